The zero-order valence-electron chi connectivity index (χ0n) is 12.5. The second-order valence-electron chi connectivity index (χ2n) is 4.82. The minimum Gasteiger partial charge on any atom is -0.352 e. The van der Waals surface area contributed by atoms with Crippen LogP contribution in [-0.2, 0) is 13.0 Å². The van der Waals surface area contributed by atoms with Crippen LogP contribution in [0.25, 0.3) is 11.5 Å². The number of nitrogens with two attached hydrogens (primary N) is 1. The number of aromatic nitrogens is 2. The van der Waals surface area contributed by atoms with E-state index in [-0.39, 0.29) is 18.4 Å². The van der Waals surface area contributed by atoms with Crippen LogP contribution >= 0.6 is 12.4 Å². The predicted octanol–water partition coefficient (Wildman–Crippen LogP) is 1.48. The van der Waals surface area contributed by atoms with Gasteiger partial charge >= 0.3 is 6.03 Å². The lowest BCUT2D eigenvalue weighted by Crippen LogP contribution is -2.28. The molecule has 2 aromatic rings. The van der Waals surface area contributed by atoms with E-state index in [4.69, 9.17) is 10.3 Å². The van der Waals surface area contributed by atoms with Gasteiger partial charge in [0.15, 0.2) is 5.82 Å². The van der Waals surface area contributed by atoms with E-state index < -0.39 is 6.03 Å². The van der Waals surface area contributed by atoms with Crippen LogP contribution in [0.2, 0.25) is 0 Å². The van der Waals surface area contributed by atoms with Crippen LogP contribution in [0.3, 0.4) is 0 Å². The average Bonchev–Trinajstić information content (AvgIpc) is 2.94. The summed E-state index contributed by atoms with van der Waals surface area (Å²) in [5.41, 5.74) is 6.81. The first-order valence-corrected chi connectivity index (χ1v) is 6.71. The number of hydrogen-bond acceptors (Lipinski definition) is 5. The van der Waals surface area contributed by atoms with Crippen LogP contribution in [0.4, 0.5) is 4.79 Å². The summed E-state index contributed by atoms with van der Waals surface area (Å²) in [7, 11) is 1.89. The van der Waals surface area contributed by atoms with Gasteiger partial charge in [-0.15, -0.1) is 12.4 Å². The van der Waals surface area contributed by atoms with Crippen molar-refractivity contribution in [1.82, 2.24) is 20.8 Å². The summed E-state index contributed by atoms with van der Waals surface area (Å²) in [6.45, 7) is 2.45. The number of primary amides is 1. The Kier molecular flexibility index (Phi) is 6.81. The van der Waals surface area contributed by atoms with Crippen LogP contribution < -0.4 is 16.4 Å². The topological polar surface area (TPSA) is 106 Å². The number of urea groups is 1. The normalized spacial score (nSPS) is 11.5. The van der Waals surface area contributed by atoms with Gasteiger partial charge in [0.2, 0.25) is 0 Å². The van der Waals surface area contributed by atoms with Crippen molar-refractivity contribution in [1.29, 1.82) is 0 Å². The Labute approximate surface area is 135 Å². The summed E-state index contributed by atoms with van der Waals surface area (Å²) in [5, 5.41) is 9.62. The number of benzene rings is 1. The summed E-state index contributed by atoms with van der Waals surface area (Å²) in [6, 6.07) is 7.25. The van der Waals surface area contributed by atoms with Crippen molar-refractivity contribution in [3.63, 3.8) is 0 Å². The van der Waals surface area contributed by atoms with E-state index >= 15 is 0 Å². The van der Waals surface area contributed by atoms with E-state index in [2.05, 4.69) is 27.7 Å². The fourth-order valence-corrected chi connectivity index (χ4v) is 1.78. The lowest BCUT2D eigenvalue weighted by Gasteiger charge is -2.04. The van der Waals surface area contributed by atoms with Crippen LogP contribution in [0, 0.1) is 0 Å². The summed E-state index contributed by atoms with van der Waals surface area (Å²) >= 11 is 0. The van der Waals surface area contributed by atoms with E-state index in [1.54, 1.807) is 0 Å². The first-order chi connectivity index (χ1) is 10.1. The fraction of sp³-hybridized carbons (Fsp3) is 0.357. The number of nitrogens with zero attached hydrogens (tertiary/aromatic N) is 2. The van der Waals surface area contributed by atoms with Gasteiger partial charge in [0.1, 0.15) is 0 Å². The first-order valence-electron chi connectivity index (χ1n) is 6.71. The molecule has 1 atom stereocenters. The SMILES string of the molecule is CNC(C)Cc1noc(-c2ccc(CNC(N)=O)cc2)n1.Cl. The molecule has 0 fully saturated rings. The van der Waals surface area contributed by atoms with Crippen molar-refractivity contribution in [2.24, 2.45) is 5.73 Å². The average molecular weight is 326 g/mol. The standard InChI is InChI=1S/C14H19N5O2.ClH/c1-9(16-2)7-12-18-13(21-19-12)11-5-3-10(4-6-11)8-17-14(15)20;/h3-6,9,16H,7-8H2,1-2H3,(H3,15,17,20);1H. The molecule has 2 amide bonds. The van der Waals surface area contributed by atoms with Crippen molar-refractivity contribution in [3.8, 4) is 11.5 Å². The predicted molar refractivity (Wildman–Crippen MR) is 85.6 cm³/mol. The van der Waals surface area contributed by atoms with Crippen LogP contribution in [0.5, 0.6) is 0 Å². The summed E-state index contributed by atoms with van der Waals surface area (Å²) < 4.78 is 5.26. The second kappa shape index (κ2) is 8.35. The fourth-order valence-electron chi connectivity index (χ4n) is 1.78. The highest BCUT2D eigenvalue weighted by atomic mass is 35.5. The highest BCUT2D eigenvalue weighted by molar-refractivity contribution is 5.85. The van der Waals surface area contributed by atoms with Crippen molar-refractivity contribution < 1.29 is 9.32 Å². The zero-order chi connectivity index (χ0) is 15.2. The number of carbonyl (C=O) groups excluding carboxylic acids is 1. The molecule has 0 saturated carbocycles. The highest BCUT2D eigenvalue weighted by Crippen LogP contribution is 2.18. The molecule has 0 aliphatic carbocycles. The molecule has 0 bridgehead atoms. The molecule has 0 aliphatic heterocycles. The van der Waals surface area contributed by atoms with Gasteiger partial charge in [-0.2, -0.15) is 4.98 Å². The third kappa shape index (κ3) is 5.01. The number of rotatable bonds is 6. The highest BCUT2D eigenvalue weighted by Gasteiger charge is 2.11. The molecular formula is C14H20ClN5O2. The maximum atomic E-state index is 10.6. The van der Waals surface area contributed by atoms with Crippen LogP contribution in [0.1, 0.15) is 18.3 Å². The van der Waals surface area contributed by atoms with Gasteiger partial charge in [-0.1, -0.05) is 17.3 Å². The molecule has 2 rings (SSSR count). The third-order valence-electron chi connectivity index (χ3n) is 3.12. The molecule has 120 valence electrons. The van der Waals surface area contributed by atoms with Crippen molar-refractivity contribution >= 4 is 18.4 Å². The van der Waals surface area contributed by atoms with E-state index in [0.717, 1.165) is 11.1 Å². The third-order valence-corrected chi connectivity index (χ3v) is 3.12. The van der Waals surface area contributed by atoms with E-state index in [1.807, 2.05) is 31.3 Å². The van der Waals surface area contributed by atoms with Gasteiger partial charge in [-0.25, -0.2) is 4.79 Å². The quantitative estimate of drug-likeness (QED) is 0.746. The zero-order valence-corrected chi connectivity index (χ0v) is 13.3. The van der Waals surface area contributed by atoms with Crippen LogP contribution in [-0.4, -0.2) is 29.3 Å². The van der Waals surface area contributed by atoms with Crippen LogP contribution in [0.15, 0.2) is 28.8 Å². The number of amides is 2. The lowest BCUT2D eigenvalue weighted by molar-refractivity contribution is 0.248. The summed E-state index contributed by atoms with van der Waals surface area (Å²) in [4.78, 5) is 15.0. The van der Waals surface area contributed by atoms with E-state index in [9.17, 15) is 4.79 Å². The lowest BCUT2D eigenvalue weighted by atomic mass is 10.1. The molecule has 8 heteroatoms. The van der Waals surface area contributed by atoms with Gasteiger partial charge in [-0.3, -0.25) is 0 Å². The molecule has 1 aromatic heterocycles. The second-order valence-corrected chi connectivity index (χ2v) is 4.82. The molecule has 0 spiro atoms. The molecule has 0 radical (unpaired) electrons. The number of hydrogen-bond donors (Lipinski definition) is 3. The summed E-state index contributed by atoms with van der Waals surface area (Å²) in [6.07, 6.45) is 0.709. The molecule has 1 unspecified atom stereocenters. The Morgan fingerprint density at radius 3 is 2.64 bits per heavy atom. The van der Waals surface area contributed by atoms with Gasteiger partial charge in [0.05, 0.1) is 0 Å². The van der Waals surface area contributed by atoms with Crippen molar-refractivity contribution in [2.75, 3.05) is 7.05 Å². The molecule has 7 nitrogen and oxygen atoms in total. The van der Waals surface area contributed by atoms with E-state index in [1.165, 1.54) is 0 Å². The van der Waals surface area contributed by atoms with Crippen molar-refractivity contribution in [3.05, 3.63) is 35.7 Å². The molecule has 0 aliphatic rings. The monoisotopic (exact) mass is 325 g/mol. The molecule has 22 heavy (non-hydrogen) atoms. The Hall–Kier alpha value is -2.12. The van der Waals surface area contributed by atoms with Gasteiger partial charge in [-0.05, 0) is 31.7 Å². The maximum Gasteiger partial charge on any atom is 0.312 e. The maximum absolute atomic E-state index is 10.6. The Morgan fingerprint density at radius 1 is 1.36 bits per heavy atom. The van der Waals surface area contributed by atoms with Gasteiger partial charge in [0, 0.05) is 24.6 Å². The molecule has 0 saturated heterocycles. The van der Waals surface area contributed by atoms with Crippen molar-refractivity contribution in [2.45, 2.75) is 25.9 Å². The smallest absolute Gasteiger partial charge is 0.312 e. The Balaban J connectivity index is 0.00000242. The molecule has 4 N–H and O–H groups in total. The number of nitrogens with one attached hydrogen (secondary N) is 2. The first kappa shape index (κ1) is 17.9. The number of halogens is 1. The van der Waals surface area contributed by atoms with E-state index in [0.29, 0.717) is 24.7 Å². The summed E-state index contributed by atoms with van der Waals surface area (Å²) in [5.74, 6) is 1.16. The Bertz CT molecular complexity index is 600. The van der Waals surface area contributed by atoms with Gasteiger partial charge in [0.25, 0.3) is 5.89 Å². The molecular weight excluding hydrogens is 306 g/mol. The largest absolute Gasteiger partial charge is 0.352 e. The minimum absolute atomic E-state index is 0. The Morgan fingerprint density at radius 2 is 2.05 bits per heavy atom. The molecule has 1 aromatic carbocycles. The minimum atomic E-state index is -0.542. The number of carbonyl (C=O) groups is 1. The molecule has 1 heterocycles. The van der Waals surface area contributed by atoms with Gasteiger partial charge < -0.3 is 20.9 Å². The number of likely N-dealkylation sites (N-methyl/N-ethyl adjacent to an activating group) is 1.